The summed E-state index contributed by atoms with van der Waals surface area (Å²) in [5.41, 5.74) is 3.99. The van der Waals surface area contributed by atoms with Gasteiger partial charge in [-0.25, -0.2) is 13.1 Å². The van der Waals surface area contributed by atoms with E-state index in [4.69, 9.17) is 0 Å². The van der Waals surface area contributed by atoms with Crippen LogP contribution in [0.1, 0.15) is 42.1 Å². The van der Waals surface area contributed by atoms with Crippen molar-refractivity contribution in [1.29, 1.82) is 0 Å². The zero-order valence-corrected chi connectivity index (χ0v) is 14.9. The fraction of sp³-hybridized carbons (Fsp3) is 0.389. The molecule has 6 heteroatoms. The third-order valence-corrected chi connectivity index (χ3v) is 5.85. The van der Waals surface area contributed by atoms with Crippen LogP contribution in [0.25, 0.3) is 6.08 Å². The zero-order valence-electron chi connectivity index (χ0n) is 14.1. The lowest BCUT2D eigenvalue weighted by atomic mass is 9.98. The van der Waals surface area contributed by atoms with E-state index in [2.05, 4.69) is 16.7 Å². The summed E-state index contributed by atoms with van der Waals surface area (Å²) in [6, 6.07) is 7.93. The molecular weight excluding hydrogens is 322 g/mol. The Morgan fingerprint density at radius 2 is 2.04 bits per heavy atom. The molecule has 0 spiro atoms. The lowest BCUT2D eigenvalue weighted by Crippen LogP contribution is -2.26. The summed E-state index contributed by atoms with van der Waals surface area (Å²) in [5, 5.41) is 4.41. The van der Waals surface area contributed by atoms with Crippen molar-refractivity contribution >= 4 is 16.1 Å². The third-order valence-electron chi connectivity index (χ3n) is 4.31. The number of sulfonamides is 1. The number of aryl methyl sites for hydroxylation is 3. The van der Waals surface area contributed by atoms with Crippen molar-refractivity contribution in [2.45, 2.75) is 46.2 Å². The molecule has 0 bridgehead atoms. The standard InChI is InChI=1S/C18H23N3O2S/c1-3-10-21-13-17(14(2)20-21)12-19-24(22,23)18-9-8-15-6-4-5-7-16(15)11-18/h4-7,11,13,19H,3,8-10,12H2,1-2H3. The number of aromatic nitrogens is 2. The number of allylic oxidation sites excluding steroid dienone is 1. The average molecular weight is 345 g/mol. The number of benzene rings is 1. The molecule has 1 heterocycles. The van der Waals surface area contributed by atoms with Crippen molar-refractivity contribution in [3.8, 4) is 0 Å². The molecule has 24 heavy (non-hydrogen) atoms. The Morgan fingerprint density at radius 3 is 2.83 bits per heavy atom. The predicted molar refractivity (Wildman–Crippen MR) is 95.8 cm³/mol. The highest BCUT2D eigenvalue weighted by atomic mass is 32.2. The maximum Gasteiger partial charge on any atom is 0.237 e. The monoisotopic (exact) mass is 345 g/mol. The molecule has 0 fully saturated rings. The topological polar surface area (TPSA) is 64.0 Å². The highest BCUT2D eigenvalue weighted by molar-refractivity contribution is 7.93. The van der Waals surface area contributed by atoms with E-state index in [9.17, 15) is 8.42 Å². The van der Waals surface area contributed by atoms with Gasteiger partial charge in [0.05, 0.1) is 10.6 Å². The number of rotatable bonds is 6. The number of hydrogen-bond acceptors (Lipinski definition) is 3. The van der Waals surface area contributed by atoms with Gasteiger partial charge in [0.1, 0.15) is 0 Å². The van der Waals surface area contributed by atoms with Crippen LogP contribution in [0.15, 0.2) is 35.4 Å². The van der Waals surface area contributed by atoms with Crippen LogP contribution in [0, 0.1) is 6.92 Å². The summed E-state index contributed by atoms with van der Waals surface area (Å²) in [5.74, 6) is 0. The van der Waals surface area contributed by atoms with Crippen molar-refractivity contribution in [2.75, 3.05) is 0 Å². The van der Waals surface area contributed by atoms with Crippen LogP contribution < -0.4 is 4.72 Å². The van der Waals surface area contributed by atoms with Gasteiger partial charge in [-0.15, -0.1) is 0 Å². The summed E-state index contributed by atoms with van der Waals surface area (Å²) in [4.78, 5) is 0.458. The Bertz CT molecular complexity index is 866. The van der Waals surface area contributed by atoms with Gasteiger partial charge < -0.3 is 0 Å². The van der Waals surface area contributed by atoms with Crippen LogP contribution in [0.4, 0.5) is 0 Å². The Labute approximate surface area is 143 Å². The van der Waals surface area contributed by atoms with Crippen LogP contribution in [0.5, 0.6) is 0 Å². The first kappa shape index (κ1) is 16.9. The van der Waals surface area contributed by atoms with Gasteiger partial charge in [0.2, 0.25) is 10.0 Å². The SMILES string of the molecule is CCCn1cc(CNS(=O)(=O)C2=Cc3ccccc3CC2)c(C)n1. The summed E-state index contributed by atoms with van der Waals surface area (Å²) in [7, 11) is -3.47. The maximum absolute atomic E-state index is 12.6. The van der Waals surface area contributed by atoms with Gasteiger partial charge >= 0.3 is 0 Å². The average Bonchev–Trinajstić information content (AvgIpc) is 2.92. The Kier molecular flexibility index (Phi) is 4.87. The summed E-state index contributed by atoms with van der Waals surface area (Å²) in [6.45, 7) is 5.12. The van der Waals surface area contributed by atoms with Gasteiger partial charge in [-0.1, -0.05) is 31.2 Å². The molecule has 0 atom stereocenters. The molecule has 0 unspecified atom stereocenters. The molecule has 0 amide bonds. The lowest BCUT2D eigenvalue weighted by molar-refractivity contribution is 0.585. The number of fused-ring (bicyclic) bond motifs is 1. The van der Waals surface area contributed by atoms with Crippen LogP contribution in [0.2, 0.25) is 0 Å². The second-order valence-electron chi connectivity index (χ2n) is 6.14. The van der Waals surface area contributed by atoms with Gasteiger partial charge in [0.25, 0.3) is 0 Å². The maximum atomic E-state index is 12.6. The fourth-order valence-corrected chi connectivity index (χ4v) is 4.14. The van der Waals surface area contributed by atoms with Gasteiger partial charge in [0, 0.05) is 24.8 Å². The molecule has 0 saturated heterocycles. The number of nitrogens with one attached hydrogen (secondary N) is 1. The van der Waals surface area contributed by atoms with Gasteiger partial charge in [-0.05, 0) is 43.4 Å². The minimum atomic E-state index is -3.47. The molecule has 1 N–H and O–H groups in total. The molecule has 0 aliphatic heterocycles. The van der Waals surface area contributed by atoms with Crippen LogP contribution in [-0.2, 0) is 29.5 Å². The van der Waals surface area contributed by atoms with E-state index in [-0.39, 0.29) is 6.54 Å². The van der Waals surface area contributed by atoms with E-state index in [1.54, 1.807) is 6.08 Å². The molecule has 128 valence electrons. The van der Waals surface area contributed by atoms with E-state index in [1.807, 2.05) is 42.1 Å². The Hall–Kier alpha value is -1.92. The molecular formula is C18H23N3O2S. The van der Waals surface area contributed by atoms with E-state index >= 15 is 0 Å². The first-order chi connectivity index (χ1) is 11.5. The summed E-state index contributed by atoms with van der Waals surface area (Å²) < 4.78 is 29.8. The number of hydrogen-bond donors (Lipinski definition) is 1. The molecule has 2 aromatic rings. The van der Waals surface area contributed by atoms with Gasteiger partial charge in [-0.3, -0.25) is 4.68 Å². The Balaban J connectivity index is 1.74. The smallest absolute Gasteiger partial charge is 0.237 e. The second kappa shape index (κ2) is 6.91. The molecule has 5 nitrogen and oxygen atoms in total. The third kappa shape index (κ3) is 3.60. The number of nitrogens with zero attached hydrogens (tertiary/aromatic N) is 2. The molecule has 1 aliphatic carbocycles. The van der Waals surface area contributed by atoms with E-state index in [0.717, 1.165) is 36.2 Å². The van der Waals surface area contributed by atoms with Crippen LogP contribution >= 0.6 is 0 Å². The molecule has 0 saturated carbocycles. The normalized spacial score (nSPS) is 14.3. The van der Waals surface area contributed by atoms with Crippen molar-refractivity contribution in [1.82, 2.24) is 14.5 Å². The largest absolute Gasteiger partial charge is 0.272 e. The predicted octanol–water partition coefficient (Wildman–Crippen LogP) is 3.01. The molecule has 1 aromatic heterocycles. The molecule has 3 rings (SSSR count). The zero-order chi connectivity index (χ0) is 17.2. The highest BCUT2D eigenvalue weighted by Gasteiger charge is 2.21. The van der Waals surface area contributed by atoms with Crippen molar-refractivity contribution in [2.24, 2.45) is 0 Å². The minimum absolute atomic E-state index is 0.275. The van der Waals surface area contributed by atoms with Crippen molar-refractivity contribution in [3.63, 3.8) is 0 Å². The molecule has 1 aliphatic rings. The first-order valence-electron chi connectivity index (χ1n) is 8.30. The summed E-state index contributed by atoms with van der Waals surface area (Å²) in [6.07, 6.45) is 6.01. The van der Waals surface area contributed by atoms with E-state index in [0.29, 0.717) is 11.3 Å². The molecule has 0 radical (unpaired) electrons. The van der Waals surface area contributed by atoms with E-state index in [1.165, 1.54) is 5.56 Å². The minimum Gasteiger partial charge on any atom is -0.272 e. The summed E-state index contributed by atoms with van der Waals surface area (Å²) >= 11 is 0. The van der Waals surface area contributed by atoms with Crippen molar-refractivity contribution in [3.05, 3.63) is 57.8 Å². The van der Waals surface area contributed by atoms with Crippen molar-refractivity contribution < 1.29 is 8.42 Å². The van der Waals surface area contributed by atoms with Crippen LogP contribution in [-0.4, -0.2) is 18.2 Å². The first-order valence-corrected chi connectivity index (χ1v) is 9.79. The second-order valence-corrected chi connectivity index (χ2v) is 7.96. The quantitative estimate of drug-likeness (QED) is 0.875. The molecule has 1 aromatic carbocycles. The highest BCUT2D eigenvalue weighted by Crippen LogP contribution is 2.26. The lowest BCUT2D eigenvalue weighted by Gasteiger charge is -2.17. The fourth-order valence-electron chi connectivity index (χ4n) is 2.96. The van der Waals surface area contributed by atoms with Gasteiger partial charge in [-0.2, -0.15) is 5.10 Å². The van der Waals surface area contributed by atoms with Crippen LogP contribution in [0.3, 0.4) is 0 Å². The Morgan fingerprint density at radius 1 is 1.25 bits per heavy atom. The van der Waals surface area contributed by atoms with Gasteiger partial charge in [0.15, 0.2) is 0 Å². The van der Waals surface area contributed by atoms with E-state index < -0.39 is 10.0 Å².